The lowest BCUT2D eigenvalue weighted by atomic mass is 10.2. The average molecular weight is 235 g/mol. The van der Waals surface area contributed by atoms with Gasteiger partial charge in [-0.05, 0) is 36.9 Å². The van der Waals surface area contributed by atoms with Crippen LogP contribution in [-0.2, 0) is 0 Å². The molecule has 1 aromatic carbocycles. The van der Waals surface area contributed by atoms with Crippen LogP contribution in [0.4, 0.5) is 0 Å². The van der Waals surface area contributed by atoms with E-state index in [4.69, 9.17) is 9.52 Å². The largest absolute Gasteiger partial charge is 0.478 e. The van der Waals surface area contributed by atoms with Gasteiger partial charge in [-0.15, -0.1) is 0 Å². The molecule has 1 N–H and O–H groups in total. The number of carbonyl (C=O) groups is 1. The summed E-state index contributed by atoms with van der Waals surface area (Å²) in [5, 5.41) is 9.35. The van der Waals surface area contributed by atoms with E-state index in [1.165, 1.54) is 11.8 Å². The van der Waals surface area contributed by atoms with Gasteiger partial charge < -0.3 is 9.52 Å². The molecule has 0 saturated heterocycles. The topological polar surface area (TPSA) is 63.3 Å². The normalized spacial score (nSPS) is 10.3. The van der Waals surface area contributed by atoms with Gasteiger partial charge in [0.05, 0.1) is 11.3 Å². The first-order chi connectivity index (χ1) is 7.65. The number of hydrogen-bond donors (Lipinski definition) is 1. The molecule has 1 heterocycles. The van der Waals surface area contributed by atoms with Gasteiger partial charge in [0.25, 0.3) is 5.22 Å². The van der Waals surface area contributed by atoms with Crippen LogP contribution in [0.25, 0.3) is 0 Å². The minimum atomic E-state index is -0.939. The Hall–Kier alpha value is -1.75. The molecule has 0 saturated carbocycles. The molecule has 0 bridgehead atoms. The molecule has 0 aliphatic rings. The summed E-state index contributed by atoms with van der Waals surface area (Å²) in [7, 11) is 0. The third-order valence-electron chi connectivity index (χ3n) is 1.88. The Morgan fingerprint density at radius 1 is 1.50 bits per heavy atom. The van der Waals surface area contributed by atoms with Crippen molar-refractivity contribution in [2.75, 3.05) is 0 Å². The number of oxazole rings is 1. The summed E-state index contributed by atoms with van der Waals surface area (Å²) in [6.45, 7) is 1.83. The average Bonchev–Trinajstić information content (AvgIpc) is 2.64. The number of nitrogens with zero attached hydrogens (tertiary/aromatic N) is 1. The van der Waals surface area contributed by atoms with Gasteiger partial charge in [-0.2, -0.15) is 0 Å². The fourth-order valence-electron chi connectivity index (χ4n) is 1.17. The van der Waals surface area contributed by atoms with Crippen molar-refractivity contribution in [1.82, 2.24) is 4.98 Å². The summed E-state index contributed by atoms with van der Waals surface area (Å²) in [6.07, 6.45) is 1.56. The fourth-order valence-corrected chi connectivity index (χ4v) is 1.99. The maximum atomic E-state index is 10.8. The molecule has 0 atom stereocenters. The van der Waals surface area contributed by atoms with Crippen LogP contribution in [0, 0.1) is 6.92 Å². The molecule has 2 aromatic rings. The predicted molar refractivity (Wildman–Crippen MR) is 58.8 cm³/mol. The van der Waals surface area contributed by atoms with Gasteiger partial charge >= 0.3 is 5.97 Å². The van der Waals surface area contributed by atoms with Gasteiger partial charge in [-0.1, -0.05) is 6.07 Å². The SMILES string of the molecule is Cc1coc(Sc2cccc(C(=O)O)c2)n1. The van der Waals surface area contributed by atoms with Crippen molar-refractivity contribution in [2.45, 2.75) is 17.0 Å². The summed E-state index contributed by atoms with van der Waals surface area (Å²) in [5.41, 5.74) is 1.06. The van der Waals surface area contributed by atoms with Crippen LogP contribution in [0.15, 0.2) is 45.1 Å². The van der Waals surface area contributed by atoms with Crippen molar-refractivity contribution >= 4 is 17.7 Å². The molecule has 5 heteroatoms. The molecule has 0 fully saturated rings. The maximum Gasteiger partial charge on any atom is 0.335 e. The third-order valence-corrected chi connectivity index (χ3v) is 2.74. The molecule has 82 valence electrons. The smallest absolute Gasteiger partial charge is 0.335 e. The molecule has 0 spiro atoms. The molecule has 2 rings (SSSR count). The summed E-state index contributed by atoms with van der Waals surface area (Å²) >= 11 is 1.30. The van der Waals surface area contributed by atoms with Crippen molar-refractivity contribution in [2.24, 2.45) is 0 Å². The molecule has 0 radical (unpaired) electrons. The Morgan fingerprint density at radius 2 is 2.31 bits per heavy atom. The first-order valence-electron chi connectivity index (χ1n) is 4.58. The molecule has 0 aliphatic heterocycles. The van der Waals surface area contributed by atoms with Gasteiger partial charge in [0.2, 0.25) is 0 Å². The monoisotopic (exact) mass is 235 g/mol. The van der Waals surface area contributed by atoms with Crippen LogP contribution >= 0.6 is 11.8 Å². The molecule has 0 amide bonds. The van der Waals surface area contributed by atoms with E-state index in [-0.39, 0.29) is 5.56 Å². The number of aryl methyl sites for hydroxylation is 1. The van der Waals surface area contributed by atoms with Crippen LogP contribution < -0.4 is 0 Å². The van der Waals surface area contributed by atoms with Gasteiger partial charge in [-0.3, -0.25) is 0 Å². The van der Waals surface area contributed by atoms with Gasteiger partial charge in [0.1, 0.15) is 6.26 Å². The third kappa shape index (κ3) is 2.43. The number of aromatic carboxylic acids is 1. The standard InChI is InChI=1S/C11H9NO3S/c1-7-6-15-11(12-7)16-9-4-2-3-8(5-9)10(13)14/h2-6H,1H3,(H,13,14). The number of aromatic nitrogens is 1. The Balaban J connectivity index is 2.21. The second kappa shape index (κ2) is 4.40. The van der Waals surface area contributed by atoms with E-state index in [0.29, 0.717) is 5.22 Å². The molecule has 4 nitrogen and oxygen atoms in total. The zero-order valence-corrected chi connectivity index (χ0v) is 9.32. The number of carboxylic acids is 1. The molecule has 0 aliphatic carbocycles. The van der Waals surface area contributed by atoms with Crippen LogP contribution in [0.1, 0.15) is 16.1 Å². The van der Waals surface area contributed by atoms with E-state index in [9.17, 15) is 4.79 Å². The second-order valence-corrected chi connectivity index (χ2v) is 4.21. The predicted octanol–water partition coefficient (Wildman–Crippen LogP) is 2.83. The lowest BCUT2D eigenvalue weighted by Gasteiger charge is -1.98. The van der Waals surface area contributed by atoms with E-state index in [2.05, 4.69) is 4.98 Å². The van der Waals surface area contributed by atoms with Gasteiger partial charge in [-0.25, -0.2) is 9.78 Å². The van der Waals surface area contributed by atoms with Crippen LogP contribution in [0.3, 0.4) is 0 Å². The van der Waals surface area contributed by atoms with E-state index in [0.717, 1.165) is 10.6 Å². The fraction of sp³-hybridized carbons (Fsp3) is 0.0909. The molecule has 0 unspecified atom stereocenters. The van der Waals surface area contributed by atoms with E-state index in [1.54, 1.807) is 24.5 Å². The van der Waals surface area contributed by atoms with Gasteiger partial charge in [0, 0.05) is 4.90 Å². The first kappa shape index (κ1) is 10.8. The van der Waals surface area contributed by atoms with E-state index < -0.39 is 5.97 Å². The zero-order chi connectivity index (χ0) is 11.5. The molecular weight excluding hydrogens is 226 g/mol. The number of hydrogen-bond acceptors (Lipinski definition) is 4. The van der Waals surface area contributed by atoms with Crippen LogP contribution in [0.2, 0.25) is 0 Å². The number of benzene rings is 1. The van der Waals surface area contributed by atoms with E-state index in [1.807, 2.05) is 13.0 Å². The van der Waals surface area contributed by atoms with Crippen LogP contribution in [-0.4, -0.2) is 16.1 Å². The number of carboxylic acid groups (broad SMARTS) is 1. The maximum absolute atomic E-state index is 10.8. The van der Waals surface area contributed by atoms with Crippen molar-refractivity contribution in [3.8, 4) is 0 Å². The minimum absolute atomic E-state index is 0.258. The Morgan fingerprint density at radius 3 is 2.94 bits per heavy atom. The molecule has 1 aromatic heterocycles. The Bertz CT molecular complexity index is 521. The highest BCUT2D eigenvalue weighted by Crippen LogP contribution is 2.27. The Kier molecular flexibility index (Phi) is 2.96. The molecule has 16 heavy (non-hydrogen) atoms. The molecular formula is C11H9NO3S. The van der Waals surface area contributed by atoms with Gasteiger partial charge in [0.15, 0.2) is 0 Å². The second-order valence-electron chi connectivity index (χ2n) is 3.19. The highest BCUT2D eigenvalue weighted by Gasteiger charge is 2.07. The van der Waals surface area contributed by atoms with E-state index >= 15 is 0 Å². The van der Waals surface area contributed by atoms with Crippen molar-refractivity contribution in [3.05, 3.63) is 41.8 Å². The van der Waals surface area contributed by atoms with Crippen LogP contribution in [0.5, 0.6) is 0 Å². The lowest BCUT2D eigenvalue weighted by Crippen LogP contribution is -1.95. The quantitative estimate of drug-likeness (QED) is 0.886. The van der Waals surface area contributed by atoms with Crippen molar-refractivity contribution < 1.29 is 14.3 Å². The zero-order valence-electron chi connectivity index (χ0n) is 8.51. The van der Waals surface area contributed by atoms with Crippen molar-refractivity contribution in [3.63, 3.8) is 0 Å². The summed E-state index contributed by atoms with van der Waals surface area (Å²) < 4.78 is 5.17. The van der Waals surface area contributed by atoms with Crippen molar-refractivity contribution in [1.29, 1.82) is 0 Å². The first-order valence-corrected chi connectivity index (χ1v) is 5.40. The summed E-state index contributed by atoms with van der Waals surface area (Å²) in [5.74, 6) is -0.939. The summed E-state index contributed by atoms with van der Waals surface area (Å²) in [6, 6.07) is 6.65. The highest BCUT2D eigenvalue weighted by molar-refractivity contribution is 7.99. The lowest BCUT2D eigenvalue weighted by molar-refractivity contribution is 0.0696. The number of rotatable bonds is 3. The Labute approximate surface area is 96.3 Å². The summed E-state index contributed by atoms with van der Waals surface area (Å²) in [4.78, 5) is 15.7. The highest BCUT2D eigenvalue weighted by atomic mass is 32.2. The minimum Gasteiger partial charge on any atom is -0.478 e.